The lowest BCUT2D eigenvalue weighted by Crippen LogP contribution is -2.02. The number of fused-ring (bicyclic) bond motifs is 1. The van der Waals surface area contributed by atoms with Crippen LogP contribution in [-0.4, -0.2) is 10.1 Å². The van der Waals surface area contributed by atoms with Crippen molar-refractivity contribution in [3.63, 3.8) is 0 Å². The van der Waals surface area contributed by atoms with Gasteiger partial charge < -0.3 is 5.11 Å². The van der Waals surface area contributed by atoms with Gasteiger partial charge in [-0.15, -0.1) is 0 Å². The molecule has 2 nitrogen and oxygen atoms in total. The van der Waals surface area contributed by atoms with Crippen LogP contribution in [0.1, 0.15) is 22.7 Å². The lowest BCUT2D eigenvalue weighted by Gasteiger charge is -2.10. The molecule has 0 bridgehead atoms. The van der Waals surface area contributed by atoms with Gasteiger partial charge in [-0.1, -0.05) is 23.7 Å². The Morgan fingerprint density at radius 2 is 2.06 bits per heavy atom. The molecule has 0 aliphatic heterocycles. The highest BCUT2D eigenvalue weighted by Gasteiger charge is 2.28. The van der Waals surface area contributed by atoms with Crippen LogP contribution < -0.4 is 0 Å². The number of hydrogen-bond acceptors (Lipinski definition) is 2. The molecular formula is C14H11ClFNO. The molecule has 3 rings (SSSR count). The van der Waals surface area contributed by atoms with Gasteiger partial charge in [0, 0.05) is 5.92 Å². The highest BCUT2D eigenvalue weighted by Crippen LogP contribution is 2.37. The Bertz CT molecular complexity index is 615. The van der Waals surface area contributed by atoms with Crippen LogP contribution in [0.2, 0.25) is 5.15 Å². The molecule has 1 aromatic heterocycles. The predicted octanol–water partition coefficient (Wildman–Crippen LogP) is 3.46. The molecule has 1 unspecified atom stereocenters. The predicted molar refractivity (Wildman–Crippen MR) is 67.5 cm³/mol. The lowest BCUT2D eigenvalue weighted by atomic mass is 10.0. The molecule has 1 atom stereocenters. The Kier molecular flexibility index (Phi) is 2.71. The zero-order valence-electron chi connectivity index (χ0n) is 9.53. The maximum absolute atomic E-state index is 13.7. The molecule has 1 N–H and O–H groups in total. The van der Waals surface area contributed by atoms with Crippen LogP contribution in [0.5, 0.6) is 5.75 Å². The van der Waals surface area contributed by atoms with Crippen molar-refractivity contribution in [1.82, 2.24) is 4.98 Å². The van der Waals surface area contributed by atoms with Gasteiger partial charge in [0.1, 0.15) is 16.7 Å². The summed E-state index contributed by atoms with van der Waals surface area (Å²) in [4.78, 5) is 4.16. The van der Waals surface area contributed by atoms with Crippen LogP contribution >= 0.6 is 11.6 Å². The molecule has 1 aliphatic rings. The first-order valence-corrected chi connectivity index (χ1v) is 6.14. The first kappa shape index (κ1) is 11.5. The number of rotatable bonds is 1. The van der Waals surface area contributed by atoms with E-state index >= 15 is 0 Å². The summed E-state index contributed by atoms with van der Waals surface area (Å²) in [6, 6.07) is 8.17. The highest BCUT2D eigenvalue weighted by molar-refractivity contribution is 6.29. The first-order chi connectivity index (χ1) is 8.65. The standard InChI is InChI=1S/C14H11ClFNO/c15-13-5-4-12(18)14(17-13)9-6-8-2-1-3-11(16)10(8)7-9/h1-5,9,18H,6-7H2. The fourth-order valence-electron chi connectivity index (χ4n) is 2.54. The quantitative estimate of drug-likeness (QED) is 0.800. The van der Waals surface area contributed by atoms with E-state index in [1.165, 1.54) is 12.1 Å². The summed E-state index contributed by atoms with van der Waals surface area (Å²) in [5.74, 6) is -0.0651. The summed E-state index contributed by atoms with van der Waals surface area (Å²) in [5, 5.41) is 10.2. The number of halogens is 2. The third-order valence-electron chi connectivity index (χ3n) is 3.39. The van der Waals surface area contributed by atoms with Gasteiger partial charge >= 0.3 is 0 Å². The van der Waals surface area contributed by atoms with Gasteiger partial charge in [0.2, 0.25) is 0 Å². The zero-order chi connectivity index (χ0) is 12.7. The number of aromatic hydroxyl groups is 1. The molecule has 4 heteroatoms. The first-order valence-electron chi connectivity index (χ1n) is 5.77. The molecule has 92 valence electrons. The van der Waals surface area contributed by atoms with E-state index in [9.17, 15) is 9.50 Å². The zero-order valence-corrected chi connectivity index (χ0v) is 10.3. The van der Waals surface area contributed by atoms with E-state index in [1.807, 2.05) is 6.07 Å². The monoisotopic (exact) mass is 263 g/mol. The minimum Gasteiger partial charge on any atom is -0.506 e. The van der Waals surface area contributed by atoms with Crippen molar-refractivity contribution in [2.24, 2.45) is 0 Å². The van der Waals surface area contributed by atoms with Crippen molar-refractivity contribution >= 4 is 11.6 Å². The Balaban J connectivity index is 1.99. The van der Waals surface area contributed by atoms with Crippen LogP contribution in [0.15, 0.2) is 30.3 Å². The molecule has 0 amide bonds. The number of hydrogen-bond donors (Lipinski definition) is 1. The second-order valence-electron chi connectivity index (χ2n) is 4.52. The van der Waals surface area contributed by atoms with Gasteiger partial charge in [-0.2, -0.15) is 0 Å². The van der Waals surface area contributed by atoms with E-state index in [1.54, 1.807) is 12.1 Å². The summed E-state index contributed by atoms with van der Waals surface area (Å²) in [5.41, 5.74) is 2.27. The summed E-state index contributed by atoms with van der Waals surface area (Å²) in [6.45, 7) is 0. The highest BCUT2D eigenvalue weighted by atomic mass is 35.5. The second-order valence-corrected chi connectivity index (χ2v) is 4.91. The largest absolute Gasteiger partial charge is 0.506 e. The van der Waals surface area contributed by atoms with Crippen molar-refractivity contribution in [2.75, 3.05) is 0 Å². The molecule has 1 aromatic carbocycles. The van der Waals surface area contributed by atoms with E-state index in [0.717, 1.165) is 11.1 Å². The van der Waals surface area contributed by atoms with Gasteiger partial charge in [-0.05, 0) is 42.2 Å². The Hall–Kier alpha value is -1.61. The number of aromatic nitrogens is 1. The van der Waals surface area contributed by atoms with Crippen LogP contribution in [0.3, 0.4) is 0 Å². The van der Waals surface area contributed by atoms with Gasteiger partial charge in [-0.25, -0.2) is 9.37 Å². The molecular weight excluding hydrogens is 253 g/mol. The van der Waals surface area contributed by atoms with Gasteiger partial charge in [0.15, 0.2) is 0 Å². The number of benzene rings is 1. The van der Waals surface area contributed by atoms with Crippen molar-refractivity contribution in [3.8, 4) is 5.75 Å². The molecule has 0 radical (unpaired) electrons. The van der Waals surface area contributed by atoms with Crippen molar-refractivity contribution < 1.29 is 9.50 Å². The lowest BCUT2D eigenvalue weighted by molar-refractivity contribution is 0.456. The molecule has 0 saturated heterocycles. The summed E-state index contributed by atoms with van der Waals surface area (Å²) < 4.78 is 13.7. The van der Waals surface area contributed by atoms with Crippen molar-refractivity contribution in [2.45, 2.75) is 18.8 Å². The van der Waals surface area contributed by atoms with E-state index in [4.69, 9.17) is 11.6 Å². The average molecular weight is 264 g/mol. The molecule has 1 heterocycles. The average Bonchev–Trinajstić information content (AvgIpc) is 2.77. The van der Waals surface area contributed by atoms with Crippen LogP contribution in [-0.2, 0) is 12.8 Å². The van der Waals surface area contributed by atoms with E-state index < -0.39 is 0 Å². The Labute approximate surface area is 109 Å². The molecule has 1 aliphatic carbocycles. The van der Waals surface area contributed by atoms with Crippen LogP contribution in [0, 0.1) is 5.82 Å². The fraction of sp³-hybridized carbons (Fsp3) is 0.214. The van der Waals surface area contributed by atoms with Crippen molar-refractivity contribution in [1.29, 1.82) is 0 Å². The van der Waals surface area contributed by atoms with Gasteiger partial charge in [0.05, 0.1) is 5.69 Å². The maximum Gasteiger partial charge on any atom is 0.137 e. The summed E-state index contributed by atoms with van der Waals surface area (Å²) >= 11 is 5.84. The number of nitrogens with zero attached hydrogens (tertiary/aromatic N) is 1. The topological polar surface area (TPSA) is 33.1 Å². The van der Waals surface area contributed by atoms with Crippen LogP contribution in [0.4, 0.5) is 4.39 Å². The Morgan fingerprint density at radius 1 is 1.22 bits per heavy atom. The maximum atomic E-state index is 13.7. The summed E-state index contributed by atoms with van der Waals surface area (Å²) in [7, 11) is 0. The molecule has 0 fully saturated rings. The molecule has 18 heavy (non-hydrogen) atoms. The number of pyridine rings is 1. The third-order valence-corrected chi connectivity index (χ3v) is 3.60. The normalized spacial score (nSPS) is 17.8. The van der Waals surface area contributed by atoms with Crippen molar-refractivity contribution in [3.05, 3.63) is 58.1 Å². The van der Waals surface area contributed by atoms with E-state index in [2.05, 4.69) is 4.98 Å². The van der Waals surface area contributed by atoms with Gasteiger partial charge in [-0.3, -0.25) is 0 Å². The smallest absolute Gasteiger partial charge is 0.137 e. The third kappa shape index (κ3) is 1.85. The minimum absolute atomic E-state index is 0.00407. The minimum atomic E-state index is -0.184. The fourth-order valence-corrected chi connectivity index (χ4v) is 2.70. The van der Waals surface area contributed by atoms with Gasteiger partial charge in [0.25, 0.3) is 0 Å². The molecule has 2 aromatic rings. The Morgan fingerprint density at radius 3 is 2.83 bits per heavy atom. The molecule has 0 spiro atoms. The molecule has 0 saturated carbocycles. The second kappa shape index (κ2) is 4.25. The SMILES string of the molecule is Oc1ccc(Cl)nc1C1Cc2cccc(F)c2C1. The summed E-state index contributed by atoms with van der Waals surface area (Å²) in [6.07, 6.45) is 1.25. The van der Waals surface area contributed by atoms with E-state index in [0.29, 0.717) is 23.7 Å². The van der Waals surface area contributed by atoms with Crippen LogP contribution in [0.25, 0.3) is 0 Å². The van der Waals surface area contributed by atoms with E-state index in [-0.39, 0.29) is 17.5 Å².